The third kappa shape index (κ3) is 3.73. The van der Waals surface area contributed by atoms with Crippen LogP contribution in [-0.2, 0) is 28.4 Å². The predicted octanol–water partition coefficient (Wildman–Crippen LogP) is 1.44. The zero-order valence-electron chi connectivity index (χ0n) is 15.8. The zero-order valence-corrected chi connectivity index (χ0v) is 16.6. The van der Waals surface area contributed by atoms with E-state index < -0.39 is 15.8 Å². The topological polar surface area (TPSA) is 115 Å². The molecule has 1 aliphatic heterocycles. The number of piperidine rings is 1. The Morgan fingerprint density at radius 3 is 2.69 bits per heavy atom. The number of carbonyl (C=O) groups is 1. The smallest absolute Gasteiger partial charge is 0.419 e. The summed E-state index contributed by atoms with van der Waals surface area (Å²) in [4.78, 5) is 24.0. The standard InChI is InChI=1S/C19H21N3O6S/c1-21-16-5-4-15(11-17(16)28-19(21)24)29(25,26)22-8-6-13(7-9-22)18(23)20-12-14-3-2-10-27-14/h2-5,10-11,13H,6-9,12H2,1H3,(H,20,23). The fraction of sp³-hybridized carbons (Fsp3) is 0.368. The summed E-state index contributed by atoms with van der Waals surface area (Å²) in [6.45, 7) is 0.808. The maximum absolute atomic E-state index is 13.0. The second kappa shape index (κ2) is 7.53. The molecule has 1 N–H and O–H groups in total. The molecule has 2 aromatic heterocycles. The molecule has 0 radical (unpaired) electrons. The van der Waals surface area contributed by atoms with E-state index in [2.05, 4.69) is 5.32 Å². The van der Waals surface area contributed by atoms with Gasteiger partial charge in [-0.15, -0.1) is 0 Å². The second-order valence-electron chi connectivity index (χ2n) is 7.03. The van der Waals surface area contributed by atoms with E-state index in [0.29, 0.717) is 30.7 Å². The van der Waals surface area contributed by atoms with Gasteiger partial charge in [-0.1, -0.05) is 0 Å². The average Bonchev–Trinajstić information content (AvgIpc) is 3.34. The first kappa shape index (κ1) is 19.5. The van der Waals surface area contributed by atoms with E-state index in [-0.39, 0.29) is 35.4 Å². The van der Waals surface area contributed by atoms with Crippen LogP contribution in [0, 0.1) is 5.92 Å². The van der Waals surface area contributed by atoms with E-state index in [1.54, 1.807) is 31.5 Å². The molecule has 1 fully saturated rings. The lowest BCUT2D eigenvalue weighted by atomic mass is 9.97. The van der Waals surface area contributed by atoms with Gasteiger partial charge in [0.15, 0.2) is 5.58 Å². The predicted molar refractivity (Wildman–Crippen MR) is 103 cm³/mol. The van der Waals surface area contributed by atoms with Crippen LogP contribution in [0.15, 0.2) is 55.1 Å². The molecule has 1 amide bonds. The molecule has 0 spiro atoms. The van der Waals surface area contributed by atoms with Crippen molar-refractivity contribution in [2.24, 2.45) is 13.0 Å². The first-order valence-corrected chi connectivity index (χ1v) is 10.7. The molecule has 0 aliphatic carbocycles. The van der Waals surface area contributed by atoms with Gasteiger partial charge in [0.25, 0.3) is 0 Å². The number of benzene rings is 1. The van der Waals surface area contributed by atoms with Crippen molar-refractivity contribution in [1.82, 2.24) is 14.2 Å². The molecule has 3 aromatic rings. The number of nitrogens with zero attached hydrogens (tertiary/aromatic N) is 2. The van der Waals surface area contributed by atoms with E-state index in [0.717, 1.165) is 0 Å². The van der Waals surface area contributed by atoms with Gasteiger partial charge in [0, 0.05) is 32.1 Å². The molecular formula is C19H21N3O6S. The molecule has 0 bridgehead atoms. The molecule has 29 heavy (non-hydrogen) atoms. The van der Waals surface area contributed by atoms with Crippen LogP contribution in [0.3, 0.4) is 0 Å². The maximum atomic E-state index is 13.0. The average molecular weight is 419 g/mol. The second-order valence-corrected chi connectivity index (χ2v) is 8.97. The highest BCUT2D eigenvalue weighted by atomic mass is 32.2. The van der Waals surface area contributed by atoms with E-state index >= 15 is 0 Å². The summed E-state index contributed by atoms with van der Waals surface area (Å²) in [5, 5.41) is 2.82. The Morgan fingerprint density at radius 1 is 1.24 bits per heavy atom. The Labute approximate surface area is 166 Å². The molecule has 154 valence electrons. The Hall–Kier alpha value is -2.85. The maximum Gasteiger partial charge on any atom is 0.419 e. The Balaban J connectivity index is 1.42. The Bertz CT molecular complexity index is 1180. The summed E-state index contributed by atoms with van der Waals surface area (Å²) < 4.78 is 38.9. The van der Waals surface area contributed by atoms with Crippen LogP contribution in [0.5, 0.6) is 0 Å². The highest BCUT2D eigenvalue weighted by Gasteiger charge is 2.32. The lowest BCUT2D eigenvalue weighted by molar-refractivity contribution is -0.126. The summed E-state index contributed by atoms with van der Waals surface area (Å²) in [7, 11) is -2.18. The minimum absolute atomic E-state index is 0.0695. The lowest BCUT2D eigenvalue weighted by Gasteiger charge is -2.30. The number of oxazole rings is 1. The monoisotopic (exact) mass is 419 g/mol. The van der Waals surface area contributed by atoms with E-state index in [1.807, 2.05) is 0 Å². The molecular weight excluding hydrogens is 398 g/mol. The van der Waals surface area contributed by atoms with Crippen LogP contribution < -0.4 is 11.1 Å². The minimum atomic E-state index is -3.74. The minimum Gasteiger partial charge on any atom is -0.467 e. The fourth-order valence-corrected chi connectivity index (χ4v) is 5.00. The Kier molecular flexibility index (Phi) is 5.05. The van der Waals surface area contributed by atoms with Crippen LogP contribution in [0.1, 0.15) is 18.6 Å². The summed E-state index contributed by atoms with van der Waals surface area (Å²) in [5.41, 5.74) is 0.756. The molecule has 1 aliphatic rings. The van der Waals surface area contributed by atoms with E-state index in [4.69, 9.17) is 8.83 Å². The first-order valence-electron chi connectivity index (χ1n) is 9.26. The van der Waals surface area contributed by atoms with Gasteiger partial charge in [-0.3, -0.25) is 9.36 Å². The molecule has 1 aromatic carbocycles. The first-order chi connectivity index (χ1) is 13.9. The number of hydrogen-bond acceptors (Lipinski definition) is 6. The number of sulfonamides is 1. The number of fused-ring (bicyclic) bond motifs is 1. The van der Waals surface area contributed by atoms with Gasteiger partial charge in [0.1, 0.15) is 5.76 Å². The van der Waals surface area contributed by atoms with Crippen LogP contribution in [0.2, 0.25) is 0 Å². The summed E-state index contributed by atoms with van der Waals surface area (Å²) >= 11 is 0. The van der Waals surface area contributed by atoms with Gasteiger partial charge < -0.3 is 14.2 Å². The highest BCUT2D eigenvalue weighted by molar-refractivity contribution is 7.89. The SMILES string of the molecule is Cn1c(=O)oc2cc(S(=O)(=O)N3CCC(C(=O)NCc4ccco4)CC3)ccc21. The molecule has 0 saturated carbocycles. The number of carbonyl (C=O) groups excluding carboxylic acids is 1. The molecule has 4 rings (SSSR count). The number of hydrogen-bond donors (Lipinski definition) is 1. The van der Waals surface area contributed by atoms with Crippen molar-refractivity contribution >= 4 is 27.0 Å². The molecule has 1 saturated heterocycles. The molecule has 0 atom stereocenters. The summed E-state index contributed by atoms with van der Waals surface area (Å²) in [5.74, 6) is -0.228. The van der Waals surface area contributed by atoms with Gasteiger partial charge in [-0.25, -0.2) is 13.2 Å². The van der Waals surface area contributed by atoms with Crippen molar-refractivity contribution in [1.29, 1.82) is 0 Å². The van der Waals surface area contributed by atoms with Crippen molar-refractivity contribution in [3.8, 4) is 0 Å². The van der Waals surface area contributed by atoms with Crippen LogP contribution in [0.25, 0.3) is 11.1 Å². The zero-order chi connectivity index (χ0) is 20.6. The van der Waals surface area contributed by atoms with E-state index in [1.165, 1.54) is 21.0 Å². The molecule has 9 nitrogen and oxygen atoms in total. The highest BCUT2D eigenvalue weighted by Crippen LogP contribution is 2.26. The van der Waals surface area contributed by atoms with Gasteiger partial charge >= 0.3 is 5.76 Å². The number of amides is 1. The largest absolute Gasteiger partial charge is 0.467 e. The van der Waals surface area contributed by atoms with Gasteiger partial charge in [-0.05, 0) is 37.1 Å². The summed E-state index contributed by atoms with van der Waals surface area (Å²) in [6.07, 6.45) is 2.42. The van der Waals surface area contributed by atoms with Crippen molar-refractivity contribution in [2.75, 3.05) is 13.1 Å². The van der Waals surface area contributed by atoms with Crippen molar-refractivity contribution in [2.45, 2.75) is 24.3 Å². The van der Waals surface area contributed by atoms with Crippen molar-refractivity contribution in [3.05, 3.63) is 52.9 Å². The number of furan rings is 1. The van der Waals surface area contributed by atoms with Crippen LogP contribution >= 0.6 is 0 Å². The number of aromatic nitrogens is 1. The van der Waals surface area contributed by atoms with Gasteiger partial charge in [0.2, 0.25) is 15.9 Å². The van der Waals surface area contributed by atoms with Crippen LogP contribution in [-0.4, -0.2) is 36.3 Å². The van der Waals surface area contributed by atoms with Gasteiger partial charge in [0.05, 0.1) is 23.2 Å². The molecule has 3 heterocycles. The molecule has 10 heteroatoms. The fourth-order valence-electron chi connectivity index (χ4n) is 3.51. The number of nitrogens with one attached hydrogen (secondary N) is 1. The van der Waals surface area contributed by atoms with Crippen LogP contribution in [0.4, 0.5) is 0 Å². The Morgan fingerprint density at radius 2 is 2.00 bits per heavy atom. The van der Waals surface area contributed by atoms with Crippen molar-refractivity contribution < 1.29 is 22.0 Å². The van der Waals surface area contributed by atoms with Crippen molar-refractivity contribution in [3.63, 3.8) is 0 Å². The summed E-state index contributed by atoms with van der Waals surface area (Å²) in [6, 6.07) is 7.93. The third-order valence-corrected chi connectivity index (χ3v) is 7.14. The molecule has 0 unspecified atom stereocenters. The lowest BCUT2D eigenvalue weighted by Crippen LogP contribution is -2.42. The quantitative estimate of drug-likeness (QED) is 0.669. The van der Waals surface area contributed by atoms with Gasteiger partial charge in [-0.2, -0.15) is 4.31 Å². The van der Waals surface area contributed by atoms with E-state index in [9.17, 15) is 18.0 Å². The number of aryl methyl sites for hydroxylation is 1. The third-order valence-electron chi connectivity index (χ3n) is 5.24. The normalized spacial score (nSPS) is 16.3. The number of rotatable bonds is 5.